The molecule has 2 aromatic carbocycles. The molecule has 1 saturated heterocycles. The van der Waals surface area contributed by atoms with Crippen LogP contribution in [0.5, 0.6) is 5.75 Å². The van der Waals surface area contributed by atoms with E-state index in [4.69, 9.17) is 17.0 Å². The number of rotatable bonds is 8. The summed E-state index contributed by atoms with van der Waals surface area (Å²) in [6, 6.07) is 12.3. The molecular formula is C22H20N4O6S2. The van der Waals surface area contributed by atoms with Crippen LogP contribution in [0.2, 0.25) is 0 Å². The number of hydrogen-bond donors (Lipinski definition) is 2. The van der Waals surface area contributed by atoms with Crippen molar-refractivity contribution in [3.63, 3.8) is 0 Å². The van der Waals surface area contributed by atoms with Gasteiger partial charge in [-0.05, 0) is 42.3 Å². The maximum Gasteiger partial charge on any atom is 0.269 e. The Labute approximate surface area is 204 Å². The number of ether oxygens (including phenoxy) is 1. The molecule has 0 saturated carbocycles. The fraction of sp³-hybridized carbons (Fsp3) is 0.182. The molecular weight excluding hydrogens is 480 g/mol. The minimum Gasteiger partial charge on any atom is -0.497 e. The zero-order chi connectivity index (χ0) is 24.7. The van der Waals surface area contributed by atoms with Crippen LogP contribution in [0.1, 0.15) is 28.8 Å². The van der Waals surface area contributed by atoms with E-state index in [1.165, 1.54) is 40.9 Å². The molecule has 0 bridgehead atoms. The largest absolute Gasteiger partial charge is 0.497 e. The van der Waals surface area contributed by atoms with Gasteiger partial charge in [0.15, 0.2) is 0 Å². The fourth-order valence-electron chi connectivity index (χ4n) is 2.97. The molecule has 0 aliphatic carbocycles. The highest BCUT2D eigenvalue weighted by molar-refractivity contribution is 8.26. The number of hydrogen-bond acceptors (Lipinski definition) is 8. The average molecular weight is 501 g/mol. The number of carbonyl (C=O) groups excluding carboxylic acids is 3. The fourth-order valence-corrected chi connectivity index (χ4v) is 4.28. The van der Waals surface area contributed by atoms with E-state index in [1.54, 1.807) is 13.2 Å². The van der Waals surface area contributed by atoms with Crippen LogP contribution in [0.3, 0.4) is 0 Å². The van der Waals surface area contributed by atoms with Gasteiger partial charge in [-0.3, -0.25) is 40.2 Å². The summed E-state index contributed by atoms with van der Waals surface area (Å²) in [6.45, 7) is 0.254. The highest BCUT2D eigenvalue weighted by Gasteiger charge is 2.31. The Hall–Kier alpha value is -3.77. The first-order valence-electron chi connectivity index (χ1n) is 10.0. The zero-order valence-electron chi connectivity index (χ0n) is 18.0. The van der Waals surface area contributed by atoms with E-state index in [-0.39, 0.29) is 30.1 Å². The first-order valence-corrected chi connectivity index (χ1v) is 11.2. The maximum atomic E-state index is 12.7. The molecule has 1 aliphatic heterocycles. The van der Waals surface area contributed by atoms with Crippen molar-refractivity contribution >= 4 is 57.8 Å². The molecule has 10 nitrogen and oxygen atoms in total. The van der Waals surface area contributed by atoms with Crippen LogP contribution >= 0.6 is 24.0 Å². The molecule has 2 aromatic rings. The van der Waals surface area contributed by atoms with Crippen molar-refractivity contribution in [2.45, 2.75) is 12.8 Å². The SMILES string of the molecule is COc1cccc(/C=C2/SC(=S)N(CCCC(=O)NNC(=O)c3ccc([N+](=O)[O-])cc3)C2=O)c1. The summed E-state index contributed by atoms with van der Waals surface area (Å²) < 4.78 is 5.60. The topological polar surface area (TPSA) is 131 Å². The van der Waals surface area contributed by atoms with Crippen molar-refractivity contribution in [2.75, 3.05) is 13.7 Å². The summed E-state index contributed by atoms with van der Waals surface area (Å²) in [7, 11) is 1.57. The lowest BCUT2D eigenvalue weighted by atomic mass is 10.2. The van der Waals surface area contributed by atoms with E-state index in [1.807, 2.05) is 24.3 Å². The van der Waals surface area contributed by atoms with Crippen molar-refractivity contribution in [3.05, 3.63) is 74.7 Å². The van der Waals surface area contributed by atoms with Gasteiger partial charge in [-0.2, -0.15) is 0 Å². The molecule has 0 unspecified atom stereocenters. The lowest BCUT2D eigenvalue weighted by molar-refractivity contribution is -0.384. The molecule has 0 aromatic heterocycles. The monoisotopic (exact) mass is 500 g/mol. The van der Waals surface area contributed by atoms with Crippen molar-refractivity contribution in [2.24, 2.45) is 0 Å². The smallest absolute Gasteiger partial charge is 0.269 e. The number of thioether (sulfide) groups is 1. The second kappa shape index (κ2) is 11.4. The van der Waals surface area contributed by atoms with Crippen molar-refractivity contribution < 1.29 is 24.0 Å². The van der Waals surface area contributed by atoms with E-state index in [0.717, 1.165) is 5.56 Å². The Balaban J connectivity index is 1.46. The van der Waals surface area contributed by atoms with Gasteiger partial charge in [-0.1, -0.05) is 36.1 Å². The number of amides is 3. The number of hydrazine groups is 1. The predicted octanol–water partition coefficient (Wildman–Crippen LogP) is 3.05. The number of methoxy groups -OCH3 is 1. The normalized spacial score (nSPS) is 14.3. The number of non-ortho nitro benzene ring substituents is 1. The van der Waals surface area contributed by atoms with E-state index in [0.29, 0.717) is 21.4 Å². The summed E-state index contributed by atoms with van der Waals surface area (Å²) in [5, 5.41) is 10.7. The number of benzene rings is 2. The molecule has 176 valence electrons. The van der Waals surface area contributed by atoms with Gasteiger partial charge < -0.3 is 4.74 Å². The molecule has 34 heavy (non-hydrogen) atoms. The number of nitrogens with zero attached hydrogens (tertiary/aromatic N) is 2. The van der Waals surface area contributed by atoms with Crippen LogP contribution in [0.4, 0.5) is 5.69 Å². The van der Waals surface area contributed by atoms with Crippen LogP contribution in [-0.4, -0.2) is 45.5 Å². The van der Waals surface area contributed by atoms with Gasteiger partial charge in [0.25, 0.3) is 17.5 Å². The molecule has 0 atom stereocenters. The molecule has 1 fully saturated rings. The summed E-state index contributed by atoms with van der Waals surface area (Å²) in [4.78, 5) is 48.8. The van der Waals surface area contributed by atoms with Gasteiger partial charge in [0, 0.05) is 30.7 Å². The Morgan fingerprint density at radius 3 is 2.62 bits per heavy atom. The third-order valence-corrected chi connectivity index (χ3v) is 6.08. The predicted molar refractivity (Wildman–Crippen MR) is 131 cm³/mol. The van der Waals surface area contributed by atoms with Gasteiger partial charge in [-0.15, -0.1) is 0 Å². The highest BCUT2D eigenvalue weighted by atomic mass is 32.2. The summed E-state index contributed by atoms with van der Waals surface area (Å²) in [5.41, 5.74) is 5.35. The van der Waals surface area contributed by atoms with Gasteiger partial charge in [0.2, 0.25) is 5.91 Å². The molecule has 3 amide bonds. The first kappa shape index (κ1) is 24.9. The maximum absolute atomic E-state index is 12.7. The minimum absolute atomic E-state index is 0.0481. The van der Waals surface area contributed by atoms with Gasteiger partial charge in [-0.25, -0.2) is 0 Å². The summed E-state index contributed by atoms with van der Waals surface area (Å²) in [6.07, 6.45) is 2.12. The van der Waals surface area contributed by atoms with Crippen LogP contribution in [-0.2, 0) is 9.59 Å². The number of nitrogens with one attached hydrogen (secondary N) is 2. The number of carbonyl (C=O) groups is 3. The molecule has 1 heterocycles. The zero-order valence-corrected chi connectivity index (χ0v) is 19.6. The van der Waals surface area contributed by atoms with E-state index < -0.39 is 16.7 Å². The van der Waals surface area contributed by atoms with Crippen molar-refractivity contribution in [3.8, 4) is 5.75 Å². The van der Waals surface area contributed by atoms with E-state index >= 15 is 0 Å². The lowest BCUT2D eigenvalue weighted by Gasteiger charge is -2.14. The quantitative estimate of drug-likeness (QED) is 0.245. The van der Waals surface area contributed by atoms with Gasteiger partial charge in [0.1, 0.15) is 10.1 Å². The molecule has 1 aliphatic rings. The molecule has 0 spiro atoms. The summed E-state index contributed by atoms with van der Waals surface area (Å²) in [5.74, 6) is -0.615. The third kappa shape index (κ3) is 6.39. The Kier molecular flexibility index (Phi) is 8.33. The number of nitro benzene ring substituents is 1. The molecule has 0 radical (unpaired) electrons. The van der Waals surface area contributed by atoms with Crippen LogP contribution in [0.15, 0.2) is 53.4 Å². The summed E-state index contributed by atoms with van der Waals surface area (Å²) >= 11 is 6.50. The van der Waals surface area contributed by atoms with Crippen LogP contribution in [0, 0.1) is 10.1 Å². The van der Waals surface area contributed by atoms with E-state index in [9.17, 15) is 24.5 Å². The van der Waals surface area contributed by atoms with Crippen LogP contribution < -0.4 is 15.6 Å². The lowest BCUT2D eigenvalue weighted by Crippen LogP contribution is -2.41. The van der Waals surface area contributed by atoms with Crippen molar-refractivity contribution in [1.82, 2.24) is 15.8 Å². The first-order chi connectivity index (χ1) is 16.3. The van der Waals surface area contributed by atoms with Gasteiger partial charge in [0.05, 0.1) is 16.9 Å². The highest BCUT2D eigenvalue weighted by Crippen LogP contribution is 2.33. The van der Waals surface area contributed by atoms with Crippen molar-refractivity contribution in [1.29, 1.82) is 0 Å². The molecule has 12 heteroatoms. The molecule has 3 rings (SSSR count). The second-order valence-electron chi connectivity index (χ2n) is 7.02. The second-order valence-corrected chi connectivity index (χ2v) is 8.70. The standard InChI is InChI=1S/C22H20N4O6S2/c1-32-17-5-2-4-14(12-17)13-18-21(29)25(22(33)34-18)11-3-6-19(27)23-24-20(28)15-7-9-16(10-8-15)26(30)31/h2,4-5,7-10,12-13H,3,6,11H2,1H3,(H,23,27)(H,24,28)/b18-13+. The third-order valence-electron chi connectivity index (χ3n) is 4.71. The Bertz CT molecular complexity index is 1170. The van der Waals surface area contributed by atoms with E-state index in [2.05, 4.69) is 10.9 Å². The number of nitro groups is 1. The van der Waals surface area contributed by atoms with Gasteiger partial charge >= 0.3 is 0 Å². The van der Waals surface area contributed by atoms with Crippen LogP contribution in [0.25, 0.3) is 6.08 Å². The average Bonchev–Trinajstić information content (AvgIpc) is 3.09. The minimum atomic E-state index is -0.608. The Morgan fingerprint density at radius 2 is 1.94 bits per heavy atom. The Morgan fingerprint density at radius 1 is 1.21 bits per heavy atom. The molecule has 2 N–H and O–H groups in total. The number of thiocarbonyl (C=S) groups is 1.